The predicted molar refractivity (Wildman–Crippen MR) is 115 cm³/mol. The summed E-state index contributed by atoms with van der Waals surface area (Å²) in [6.07, 6.45) is 3.49. The topological polar surface area (TPSA) is 70.9 Å². The van der Waals surface area contributed by atoms with Crippen molar-refractivity contribution >= 4 is 27.4 Å². The molecular formula is C22H22N4OS. The molecular weight excluding hydrogens is 368 g/mol. The molecule has 2 N–H and O–H groups in total. The van der Waals surface area contributed by atoms with Crippen LogP contribution in [0, 0.1) is 0 Å². The molecule has 3 heterocycles. The van der Waals surface area contributed by atoms with Crippen LogP contribution in [-0.2, 0) is 0 Å². The fraction of sp³-hybridized carbons (Fsp3) is 0.227. The fourth-order valence-corrected chi connectivity index (χ4v) is 3.83. The molecule has 0 bridgehead atoms. The molecule has 0 saturated heterocycles. The zero-order chi connectivity index (χ0) is 19.7. The van der Waals surface area contributed by atoms with Gasteiger partial charge in [-0.25, -0.2) is 9.97 Å². The van der Waals surface area contributed by atoms with Crippen LogP contribution >= 0.6 is 11.3 Å². The van der Waals surface area contributed by atoms with Gasteiger partial charge in [-0.2, -0.15) is 0 Å². The van der Waals surface area contributed by atoms with E-state index in [0.29, 0.717) is 5.82 Å². The van der Waals surface area contributed by atoms with Crippen molar-refractivity contribution in [2.75, 3.05) is 5.32 Å². The Bertz CT molecular complexity index is 1090. The minimum atomic E-state index is -0.894. The average molecular weight is 391 g/mol. The lowest BCUT2D eigenvalue weighted by molar-refractivity contribution is 0.0648. The number of benzene rings is 1. The van der Waals surface area contributed by atoms with E-state index >= 15 is 0 Å². The molecule has 1 atom stereocenters. The number of hydrogen-bond donors (Lipinski definition) is 2. The van der Waals surface area contributed by atoms with Gasteiger partial charge in [-0.3, -0.25) is 4.98 Å². The van der Waals surface area contributed by atoms with Crippen molar-refractivity contribution in [3.8, 4) is 22.5 Å². The van der Waals surface area contributed by atoms with Crippen LogP contribution in [0.25, 0.3) is 32.7 Å². The van der Waals surface area contributed by atoms with Gasteiger partial charge in [-0.1, -0.05) is 30.3 Å². The highest BCUT2D eigenvalue weighted by atomic mass is 32.1. The van der Waals surface area contributed by atoms with Crippen molar-refractivity contribution in [3.63, 3.8) is 0 Å². The molecule has 28 heavy (non-hydrogen) atoms. The average Bonchev–Trinajstić information content (AvgIpc) is 3.13. The van der Waals surface area contributed by atoms with Crippen molar-refractivity contribution in [1.29, 1.82) is 0 Å². The van der Waals surface area contributed by atoms with Crippen LogP contribution < -0.4 is 5.32 Å². The third-order valence-corrected chi connectivity index (χ3v) is 5.72. The van der Waals surface area contributed by atoms with E-state index in [0.717, 1.165) is 32.7 Å². The molecule has 0 aliphatic heterocycles. The quantitative estimate of drug-likeness (QED) is 0.502. The zero-order valence-electron chi connectivity index (χ0n) is 16.0. The van der Waals surface area contributed by atoms with E-state index < -0.39 is 5.60 Å². The van der Waals surface area contributed by atoms with Crippen LogP contribution in [0.5, 0.6) is 0 Å². The van der Waals surface area contributed by atoms with Gasteiger partial charge < -0.3 is 10.4 Å². The van der Waals surface area contributed by atoms with Gasteiger partial charge >= 0.3 is 0 Å². The third kappa shape index (κ3) is 3.61. The number of rotatable bonds is 5. The zero-order valence-corrected chi connectivity index (χ0v) is 16.9. The molecule has 6 heteroatoms. The molecule has 1 unspecified atom stereocenters. The van der Waals surface area contributed by atoms with E-state index in [1.54, 1.807) is 37.6 Å². The Labute approximate surface area is 168 Å². The molecule has 3 aromatic heterocycles. The van der Waals surface area contributed by atoms with Crippen molar-refractivity contribution < 1.29 is 5.11 Å². The number of pyridine rings is 1. The van der Waals surface area contributed by atoms with Crippen molar-refractivity contribution in [2.24, 2.45) is 0 Å². The molecule has 0 radical (unpaired) electrons. The minimum absolute atomic E-state index is 0.198. The molecule has 1 aromatic carbocycles. The van der Waals surface area contributed by atoms with E-state index in [-0.39, 0.29) is 6.04 Å². The van der Waals surface area contributed by atoms with Crippen molar-refractivity contribution in [1.82, 2.24) is 15.0 Å². The first-order chi connectivity index (χ1) is 13.4. The van der Waals surface area contributed by atoms with Crippen LogP contribution in [0.4, 0.5) is 5.82 Å². The molecule has 0 saturated carbocycles. The maximum absolute atomic E-state index is 10.4. The second-order valence-corrected chi connectivity index (χ2v) is 8.21. The minimum Gasteiger partial charge on any atom is -0.388 e. The molecule has 0 fully saturated rings. The van der Waals surface area contributed by atoms with Crippen molar-refractivity contribution in [2.45, 2.75) is 32.4 Å². The SMILES string of the molecule is CC(Nc1nc(-c2cccnc2)nc2scc(-c3ccccc3)c12)C(C)(C)O. The Kier molecular flexibility index (Phi) is 4.83. The molecule has 0 spiro atoms. The lowest BCUT2D eigenvalue weighted by atomic mass is 10.0. The Hall–Kier alpha value is -2.83. The highest BCUT2D eigenvalue weighted by Crippen LogP contribution is 2.38. The van der Waals surface area contributed by atoms with E-state index in [9.17, 15) is 5.11 Å². The first kappa shape index (κ1) is 18.5. The van der Waals surface area contributed by atoms with Crippen LogP contribution in [0.15, 0.2) is 60.2 Å². The summed E-state index contributed by atoms with van der Waals surface area (Å²) in [5, 5.41) is 16.9. The lowest BCUT2D eigenvalue weighted by Crippen LogP contribution is -2.39. The van der Waals surface area contributed by atoms with E-state index in [1.807, 2.05) is 37.3 Å². The Morgan fingerprint density at radius 1 is 1.04 bits per heavy atom. The summed E-state index contributed by atoms with van der Waals surface area (Å²) < 4.78 is 0. The fourth-order valence-electron chi connectivity index (χ4n) is 2.88. The smallest absolute Gasteiger partial charge is 0.164 e. The number of thiophene rings is 1. The maximum Gasteiger partial charge on any atom is 0.164 e. The van der Waals surface area contributed by atoms with Crippen LogP contribution in [0.3, 0.4) is 0 Å². The first-order valence-electron chi connectivity index (χ1n) is 9.17. The highest BCUT2D eigenvalue weighted by Gasteiger charge is 2.25. The van der Waals surface area contributed by atoms with Gasteiger partial charge in [0.05, 0.1) is 17.0 Å². The van der Waals surface area contributed by atoms with Crippen molar-refractivity contribution in [3.05, 3.63) is 60.2 Å². The molecule has 5 nitrogen and oxygen atoms in total. The summed E-state index contributed by atoms with van der Waals surface area (Å²) >= 11 is 1.59. The Morgan fingerprint density at radius 2 is 1.79 bits per heavy atom. The molecule has 0 aliphatic rings. The van der Waals surface area contributed by atoms with Crippen LogP contribution in [0.1, 0.15) is 20.8 Å². The number of hydrogen-bond acceptors (Lipinski definition) is 6. The number of nitrogens with one attached hydrogen (secondary N) is 1. The van der Waals surface area contributed by atoms with Gasteiger partial charge in [0.15, 0.2) is 5.82 Å². The van der Waals surface area contributed by atoms with Crippen LogP contribution in [0.2, 0.25) is 0 Å². The number of fused-ring (bicyclic) bond motifs is 1. The van der Waals surface area contributed by atoms with Gasteiger partial charge in [0.2, 0.25) is 0 Å². The standard InChI is InChI=1S/C22H22N4OS/c1-14(22(2,3)27)24-20-18-17(15-8-5-4-6-9-15)13-28-21(18)26-19(25-20)16-10-7-11-23-12-16/h4-14,27H,1-3H3,(H,24,25,26). The normalized spacial score (nSPS) is 12.9. The summed E-state index contributed by atoms with van der Waals surface area (Å²) in [6, 6.07) is 13.8. The van der Waals surface area contributed by atoms with Gasteiger partial charge in [0.1, 0.15) is 10.6 Å². The second kappa shape index (κ2) is 7.30. The van der Waals surface area contributed by atoms with Gasteiger partial charge in [0, 0.05) is 28.9 Å². The number of aromatic nitrogens is 3. The maximum atomic E-state index is 10.4. The molecule has 142 valence electrons. The summed E-state index contributed by atoms with van der Waals surface area (Å²) in [6.45, 7) is 5.53. The molecule has 0 amide bonds. The van der Waals surface area contributed by atoms with E-state index in [2.05, 4.69) is 27.8 Å². The monoisotopic (exact) mass is 390 g/mol. The Morgan fingerprint density at radius 3 is 2.46 bits per heavy atom. The first-order valence-corrected chi connectivity index (χ1v) is 10.1. The molecule has 0 aliphatic carbocycles. The van der Waals surface area contributed by atoms with Gasteiger partial charge in [-0.15, -0.1) is 11.3 Å². The summed E-state index contributed by atoms with van der Waals surface area (Å²) in [5.74, 6) is 1.34. The van der Waals surface area contributed by atoms with E-state index in [4.69, 9.17) is 9.97 Å². The second-order valence-electron chi connectivity index (χ2n) is 7.35. The van der Waals surface area contributed by atoms with Crippen LogP contribution in [-0.4, -0.2) is 31.7 Å². The summed E-state index contributed by atoms with van der Waals surface area (Å²) in [5.41, 5.74) is 2.17. The van der Waals surface area contributed by atoms with Gasteiger partial charge in [0.25, 0.3) is 0 Å². The lowest BCUT2D eigenvalue weighted by Gasteiger charge is -2.27. The largest absolute Gasteiger partial charge is 0.388 e. The summed E-state index contributed by atoms with van der Waals surface area (Å²) in [4.78, 5) is 14.7. The highest BCUT2D eigenvalue weighted by molar-refractivity contribution is 7.17. The third-order valence-electron chi connectivity index (χ3n) is 4.85. The van der Waals surface area contributed by atoms with E-state index in [1.165, 1.54) is 0 Å². The summed E-state index contributed by atoms with van der Waals surface area (Å²) in [7, 11) is 0. The van der Waals surface area contributed by atoms with Gasteiger partial charge in [-0.05, 0) is 38.5 Å². The Balaban J connectivity index is 1.91. The molecule has 4 rings (SSSR count). The number of anilines is 1. The number of nitrogens with zero attached hydrogens (tertiary/aromatic N) is 3. The number of aliphatic hydroxyl groups is 1. The molecule has 4 aromatic rings. The predicted octanol–water partition coefficient (Wildman–Crippen LogP) is 4.99.